The highest BCUT2D eigenvalue weighted by Crippen LogP contribution is 2.40. The van der Waals surface area contributed by atoms with Crippen molar-refractivity contribution in [2.75, 3.05) is 42.1 Å². The zero-order chi connectivity index (χ0) is 23.3. The quantitative estimate of drug-likeness (QED) is 0.466. The second kappa shape index (κ2) is 10.6. The molecule has 0 spiro atoms. The normalized spacial score (nSPS) is 16.6. The van der Waals surface area contributed by atoms with Crippen LogP contribution in [0, 0.1) is 0 Å². The van der Waals surface area contributed by atoms with E-state index >= 15 is 0 Å². The summed E-state index contributed by atoms with van der Waals surface area (Å²) in [5.74, 6) is 1.93. The third-order valence-corrected chi connectivity index (χ3v) is 7.44. The van der Waals surface area contributed by atoms with Crippen LogP contribution in [0.25, 0.3) is 0 Å². The maximum atomic E-state index is 12.5. The summed E-state index contributed by atoms with van der Waals surface area (Å²) >= 11 is 1.46. The molecule has 1 aromatic heterocycles. The van der Waals surface area contributed by atoms with Gasteiger partial charge in [0.05, 0.1) is 5.75 Å². The lowest BCUT2D eigenvalue weighted by atomic mass is 10.2. The molecule has 2 aliphatic rings. The van der Waals surface area contributed by atoms with Crippen molar-refractivity contribution in [1.29, 1.82) is 0 Å². The molecule has 0 bridgehead atoms. The van der Waals surface area contributed by atoms with Crippen molar-refractivity contribution in [3.8, 4) is 0 Å². The summed E-state index contributed by atoms with van der Waals surface area (Å²) in [6.45, 7) is 8.07. The highest BCUT2D eigenvalue weighted by molar-refractivity contribution is 7.99. The largest absolute Gasteiger partial charge is 0.369 e. The van der Waals surface area contributed by atoms with Crippen molar-refractivity contribution in [1.82, 2.24) is 19.7 Å². The molecule has 3 aromatic rings. The molecule has 2 heterocycles. The van der Waals surface area contributed by atoms with Gasteiger partial charge < -0.3 is 14.8 Å². The molecule has 1 aliphatic carbocycles. The van der Waals surface area contributed by atoms with Crippen molar-refractivity contribution in [2.45, 2.75) is 43.9 Å². The number of hydrogen-bond acceptors (Lipinski definition) is 6. The van der Waals surface area contributed by atoms with E-state index < -0.39 is 0 Å². The van der Waals surface area contributed by atoms with Gasteiger partial charge in [-0.15, -0.1) is 10.2 Å². The predicted octanol–water partition coefficient (Wildman–Crippen LogP) is 4.23. The summed E-state index contributed by atoms with van der Waals surface area (Å²) in [5.41, 5.74) is 3.40. The van der Waals surface area contributed by atoms with Crippen LogP contribution in [-0.2, 0) is 17.9 Å². The van der Waals surface area contributed by atoms with Crippen LogP contribution < -0.4 is 10.2 Å². The van der Waals surface area contributed by atoms with Crippen LogP contribution in [0.5, 0.6) is 0 Å². The number of hydrogen-bond donors (Lipinski definition) is 1. The first-order valence-electron chi connectivity index (χ1n) is 12.2. The van der Waals surface area contributed by atoms with Gasteiger partial charge in [-0.05, 0) is 49.6 Å². The van der Waals surface area contributed by atoms with Crippen molar-refractivity contribution < 1.29 is 4.79 Å². The van der Waals surface area contributed by atoms with Gasteiger partial charge in [-0.3, -0.25) is 9.69 Å². The Hall–Kier alpha value is -2.84. The van der Waals surface area contributed by atoms with E-state index in [0.717, 1.165) is 55.9 Å². The lowest BCUT2D eigenvalue weighted by Gasteiger charge is -2.36. The van der Waals surface area contributed by atoms with Crippen molar-refractivity contribution >= 4 is 29.0 Å². The topological polar surface area (TPSA) is 66.3 Å². The molecule has 1 N–H and O–H groups in total. The minimum Gasteiger partial charge on any atom is -0.369 e. The molecular weight excluding hydrogens is 444 g/mol. The van der Waals surface area contributed by atoms with E-state index in [2.05, 4.69) is 79.3 Å². The Labute approximate surface area is 205 Å². The number of nitrogens with zero attached hydrogens (tertiary/aromatic N) is 5. The zero-order valence-corrected chi connectivity index (χ0v) is 20.5. The molecule has 0 atom stereocenters. The van der Waals surface area contributed by atoms with Crippen molar-refractivity contribution in [3.05, 3.63) is 66.0 Å². The fourth-order valence-corrected chi connectivity index (χ4v) is 5.25. The van der Waals surface area contributed by atoms with Crippen LogP contribution in [0.4, 0.5) is 11.4 Å². The van der Waals surface area contributed by atoms with E-state index in [-0.39, 0.29) is 5.91 Å². The maximum absolute atomic E-state index is 12.5. The van der Waals surface area contributed by atoms with Gasteiger partial charge >= 0.3 is 0 Å². The van der Waals surface area contributed by atoms with Crippen LogP contribution in [-0.4, -0.2) is 57.5 Å². The minimum absolute atomic E-state index is 0.0223. The summed E-state index contributed by atoms with van der Waals surface area (Å²) in [5, 5.41) is 12.5. The maximum Gasteiger partial charge on any atom is 0.234 e. The van der Waals surface area contributed by atoms with E-state index in [1.54, 1.807) is 0 Å². The van der Waals surface area contributed by atoms with E-state index in [4.69, 9.17) is 0 Å². The van der Waals surface area contributed by atoms with E-state index in [1.807, 2.05) is 12.1 Å². The molecule has 34 heavy (non-hydrogen) atoms. The smallest absolute Gasteiger partial charge is 0.234 e. The molecule has 1 saturated carbocycles. The van der Waals surface area contributed by atoms with Gasteiger partial charge in [0.1, 0.15) is 5.82 Å². The van der Waals surface area contributed by atoms with Gasteiger partial charge in [0.15, 0.2) is 5.16 Å². The summed E-state index contributed by atoms with van der Waals surface area (Å²) in [6, 6.07) is 18.9. The first kappa shape index (κ1) is 22.9. The number of aromatic nitrogens is 3. The number of carbonyl (C=O) groups excluding carboxylic acids is 1. The average molecular weight is 477 g/mol. The Balaban J connectivity index is 1.08. The molecule has 8 heteroatoms. The number of benzene rings is 2. The average Bonchev–Trinajstić information content (AvgIpc) is 3.63. The summed E-state index contributed by atoms with van der Waals surface area (Å²) < 4.78 is 2.14. The lowest BCUT2D eigenvalue weighted by Crippen LogP contribution is -2.45. The number of piperazine rings is 1. The number of carbonyl (C=O) groups is 1. The Kier molecular flexibility index (Phi) is 7.16. The third-order valence-electron chi connectivity index (χ3n) is 6.47. The monoisotopic (exact) mass is 476 g/mol. The molecular formula is C26H32N6OS. The number of amides is 1. The Morgan fingerprint density at radius 3 is 2.41 bits per heavy atom. The molecule has 7 nitrogen and oxygen atoms in total. The van der Waals surface area contributed by atoms with Crippen molar-refractivity contribution in [3.63, 3.8) is 0 Å². The molecule has 1 aliphatic heterocycles. The van der Waals surface area contributed by atoms with Gasteiger partial charge in [0.25, 0.3) is 0 Å². The lowest BCUT2D eigenvalue weighted by molar-refractivity contribution is -0.113. The first-order chi connectivity index (χ1) is 16.7. The Morgan fingerprint density at radius 1 is 1.00 bits per heavy atom. The fraction of sp³-hybridized carbons (Fsp3) is 0.423. The second-order valence-electron chi connectivity index (χ2n) is 8.99. The minimum atomic E-state index is -0.0223. The Morgan fingerprint density at radius 2 is 1.74 bits per heavy atom. The first-order valence-corrected chi connectivity index (χ1v) is 13.1. The van der Waals surface area contributed by atoms with Crippen molar-refractivity contribution in [2.24, 2.45) is 0 Å². The van der Waals surface area contributed by atoms with Gasteiger partial charge in [0, 0.05) is 56.6 Å². The van der Waals surface area contributed by atoms with E-state index in [9.17, 15) is 4.79 Å². The molecule has 178 valence electrons. The summed E-state index contributed by atoms with van der Waals surface area (Å²) in [6.07, 6.45) is 2.39. The molecule has 2 fully saturated rings. The SMILES string of the molecule is CCn1c(SCC(=O)Nc2ccc(N3CCN(Cc4ccccc4)CC3)cc2)nnc1C1CC1. The number of thioether (sulfide) groups is 1. The van der Waals surface area contributed by atoms with Crippen LogP contribution >= 0.6 is 11.8 Å². The predicted molar refractivity (Wildman–Crippen MR) is 137 cm³/mol. The third kappa shape index (κ3) is 5.62. The van der Waals surface area contributed by atoms with Crippen LogP contribution in [0.1, 0.15) is 37.1 Å². The number of anilines is 2. The molecule has 0 unspecified atom stereocenters. The molecule has 2 aromatic carbocycles. The van der Waals surface area contributed by atoms with Gasteiger partial charge in [0.2, 0.25) is 5.91 Å². The number of nitrogens with one attached hydrogen (secondary N) is 1. The van der Waals surface area contributed by atoms with Crippen LogP contribution in [0.15, 0.2) is 59.8 Å². The van der Waals surface area contributed by atoms with Gasteiger partial charge in [-0.1, -0.05) is 42.1 Å². The molecule has 1 amide bonds. The molecule has 0 radical (unpaired) electrons. The second-order valence-corrected chi connectivity index (χ2v) is 9.93. The van der Waals surface area contributed by atoms with Gasteiger partial charge in [-0.2, -0.15) is 0 Å². The standard InChI is InChI=1S/C26H32N6OS/c1-2-32-25(21-8-9-21)28-29-26(32)34-19-24(33)27-22-10-12-23(13-11-22)31-16-14-30(15-17-31)18-20-6-4-3-5-7-20/h3-7,10-13,21H,2,8-9,14-19H2,1H3,(H,27,33). The highest BCUT2D eigenvalue weighted by atomic mass is 32.2. The van der Waals surface area contributed by atoms with E-state index in [0.29, 0.717) is 11.7 Å². The number of rotatable bonds is 9. The van der Waals surface area contributed by atoms with Gasteiger partial charge in [-0.25, -0.2) is 0 Å². The zero-order valence-electron chi connectivity index (χ0n) is 19.7. The summed E-state index contributed by atoms with van der Waals surface area (Å²) in [7, 11) is 0. The van der Waals surface area contributed by atoms with E-state index in [1.165, 1.54) is 35.9 Å². The van der Waals surface area contributed by atoms with Crippen LogP contribution in [0.2, 0.25) is 0 Å². The Bertz CT molecular complexity index is 1090. The fourth-order valence-electron chi connectivity index (χ4n) is 4.44. The molecule has 5 rings (SSSR count). The van der Waals surface area contributed by atoms with Crippen LogP contribution in [0.3, 0.4) is 0 Å². The highest BCUT2D eigenvalue weighted by Gasteiger charge is 2.30. The molecule has 1 saturated heterocycles. The summed E-state index contributed by atoms with van der Waals surface area (Å²) in [4.78, 5) is 17.4.